The predicted octanol–water partition coefficient (Wildman–Crippen LogP) is 4.98. The van der Waals surface area contributed by atoms with Gasteiger partial charge < -0.3 is 5.32 Å². The van der Waals surface area contributed by atoms with Gasteiger partial charge in [0.05, 0.1) is 5.02 Å². The lowest BCUT2D eigenvalue weighted by Crippen LogP contribution is -2.18. The molecule has 100 valence electrons. The van der Waals surface area contributed by atoms with Crippen LogP contribution in [0.4, 0.5) is 4.39 Å². The number of nitrogens with one attached hydrogen (secondary N) is 1. The first-order valence-corrected chi connectivity index (χ1v) is 6.74. The molecular formula is C15H14Cl2FN. The lowest BCUT2D eigenvalue weighted by atomic mass is 10.1. The highest BCUT2D eigenvalue weighted by molar-refractivity contribution is 6.31. The van der Waals surface area contributed by atoms with Crippen molar-refractivity contribution < 1.29 is 4.39 Å². The first-order valence-electron chi connectivity index (χ1n) is 5.99. The highest BCUT2D eigenvalue weighted by Gasteiger charge is 2.06. The van der Waals surface area contributed by atoms with Gasteiger partial charge in [-0.25, -0.2) is 4.39 Å². The molecular weight excluding hydrogens is 284 g/mol. The Balaban J connectivity index is 2.00. The summed E-state index contributed by atoms with van der Waals surface area (Å²) in [5.74, 6) is -0.395. The van der Waals surface area contributed by atoms with Crippen LogP contribution in [0, 0.1) is 5.82 Å². The first kappa shape index (κ1) is 14.3. The first-order chi connectivity index (χ1) is 9.06. The van der Waals surface area contributed by atoms with Gasteiger partial charge in [0.2, 0.25) is 0 Å². The van der Waals surface area contributed by atoms with Gasteiger partial charge in [0, 0.05) is 17.6 Å². The Morgan fingerprint density at radius 3 is 2.63 bits per heavy atom. The topological polar surface area (TPSA) is 12.0 Å². The molecule has 0 saturated carbocycles. The molecule has 1 nitrogen and oxygen atoms in total. The van der Waals surface area contributed by atoms with Crippen LogP contribution in [0.25, 0.3) is 0 Å². The van der Waals surface area contributed by atoms with Crippen molar-refractivity contribution in [2.75, 3.05) is 0 Å². The fourth-order valence-corrected chi connectivity index (χ4v) is 2.22. The van der Waals surface area contributed by atoms with Gasteiger partial charge in [0.15, 0.2) is 0 Å². The van der Waals surface area contributed by atoms with Crippen LogP contribution in [0.5, 0.6) is 0 Å². The van der Waals surface area contributed by atoms with E-state index in [-0.39, 0.29) is 11.1 Å². The predicted molar refractivity (Wildman–Crippen MR) is 78.1 cm³/mol. The second-order valence-electron chi connectivity index (χ2n) is 4.41. The number of benzene rings is 2. The third-order valence-corrected chi connectivity index (χ3v) is 3.47. The van der Waals surface area contributed by atoms with Crippen LogP contribution in [0.1, 0.15) is 24.1 Å². The van der Waals surface area contributed by atoms with Crippen LogP contribution in [-0.4, -0.2) is 0 Å². The van der Waals surface area contributed by atoms with E-state index in [4.69, 9.17) is 23.2 Å². The molecule has 0 aliphatic heterocycles. The monoisotopic (exact) mass is 297 g/mol. The molecule has 0 aliphatic rings. The average molecular weight is 298 g/mol. The SMILES string of the molecule is CC(NCc1ccc(F)c(Cl)c1)c1cccc(Cl)c1. The molecule has 0 heterocycles. The Labute approximate surface area is 122 Å². The van der Waals surface area contributed by atoms with Gasteiger partial charge in [-0.3, -0.25) is 0 Å². The van der Waals surface area contributed by atoms with Crippen molar-refractivity contribution in [2.45, 2.75) is 19.5 Å². The molecule has 0 fully saturated rings. The zero-order valence-corrected chi connectivity index (χ0v) is 12.0. The molecule has 19 heavy (non-hydrogen) atoms. The minimum atomic E-state index is -0.395. The summed E-state index contributed by atoms with van der Waals surface area (Å²) in [6, 6.07) is 12.6. The highest BCUT2D eigenvalue weighted by atomic mass is 35.5. The molecule has 0 aromatic heterocycles. The summed E-state index contributed by atoms with van der Waals surface area (Å²) in [6.45, 7) is 2.67. The van der Waals surface area contributed by atoms with Crippen LogP contribution in [-0.2, 0) is 6.54 Å². The molecule has 0 bridgehead atoms. The Kier molecular flexibility index (Phi) is 4.81. The average Bonchev–Trinajstić information content (AvgIpc) is 2.40. The second kappa shape index (κ2) is 6.38. The van der Waals surface area contributed by atoms with Gasteiger partial charge in [-0.1, -0.05) is 41.4 Å². The van der Waals surface area contributed by atoms with Crippen LogP contribution in [0.3, 0.4) is 0 Å². The maximum Gasteiger partial charge on any atom is 0.141 e. The molecule has 2 rings (SSSR count). The molecule has 4 heteroatoms. The normalized spacial score (nSPS) is 12.4. The summed E-state index contributed by atoms with van der Waals surface area (Å²) in [7, 11) is 0. The van der Waals surface area contributed by atoms with Crippen molar-refractivity contribution in [3.63, 3.8) is 0 Å². The minimum Gasteiger partial charge on any atom is -0.306 e. The zero-order valence-electron chi connectivity index (χ0n) is 10.5. The summed E-state index contributed by atoms with van der Waals surface area (Å²) in [6.07, 6.45) is 0. The van der Waals surface area contributed by atoms with Crippen molar-refractivity contribution >= 4 is 23.2 Å². The quantitative estimate of drug-likeness (QED) is 0.839. The van der Waals surface area contributed by atoms with Gasteiger partial charge in [0.25, 0.3) is 0 Å². The van der Waals surface area contributed by atoms with Crippen molar-refractivity contribution in [3.8, 4) is 0 Å². The molecule has 1 N–H and O–H groups in total. The third-order valence-electron chi connectivity index (χ3n) is 2.95. The summed E-state index contributed by atoms with van der Waals surface area (Å²) < 4.78 is 13.0. The van der Waals surface area contributed by atoms with Gasteiger partial charge >= 0.3 is 0 Å². The highest BCUT2D eigenvalue weighted by Crippen LogP contribution is 2.19. The molecule has 2 aromatic rings. The number of hydrogen-bond acceptors (Lipinski definition) is 1. The number of hydrogen-bond donors (Lipinski definition) is 1. The lowest BCUT2D eigenvalue weighted by Gasteiger charge is -2.14. The number of rotatable bonds is 4. The van der Waals surface area contributed by atoms with E-state index in [1.54, 1.807) is 12.1 Å². The maximum atomic E-state index is 13.0. The fourth-order valence-electron chi connectivity index (χ4n) is 1.81. The molecule has 1 unspecified atom stereocenters. The summed E-state index contributed by atoms with van der Waals surface area (Å²) in [5.41, 5.74) is 2.06. The van der Waals surface area contributed by atoms with E-state index in [9.17, 15) is 4.39 Å². The van der Waals surface area contributed by atoms with Crippen LogP contribution in [0.15, 0.2) is 42.5 Å². The molecule has 0 radical (unpaired) electrons. The maximum absolute atomic E-state index is 13.0. The molecule has 2 aromatic carbocycles. The van der Waals surface area contributed by atoms with E-state index >= 15 is 0 Å². The van der Waals surface area contributed by atoms with Gasteiger partial charge in [0.1, 0.15) is 5.82 Å². The Morgan fingerprint density at radius 2 is 1.95 bits per heavy atom. The number of halogens is 3. The van der Waals surface area contributed by atoms with E-state index in [0.717, 1.165) is 16.1 Å². The Morgan fingerprint density at radius 1 is 1.16 bits per heavy atom. The molecule has 1 atom stereocenters. The van der Waals surface area contributed by atoms with E-state index in [1.165, 1.54) is 6.07 Å². The van der Waals surface area contributed by atoms with Crippen LogP contribution < -0.4 is 5.32 Å². The van der Waals surface area contributed by atoms with Gasteiger partial charge in [-0.05, 0) is 42.3 Å². The van der Waals surface area contributed by atoms with Crippen molar-refractivity contribution in [1.29, 1.82) is 0 Å². The van der Waals surface area contributed by atoms with E-state index in [0.29, 0.717) is 6.54 Å². The molecule has 0 saturated heterocycles. The Hall–Kier alpha value is -1.09. The fraction of sp³-hybridized carbons (Fsp3) is 0.200. The van der Waals surface area contributed by atoms with Gasteiger partial charge in [-0.2, -0.15) is 0 Å². The summed E-state index contributed by atoms with van der Waals surface area (Å²) >= 11 is 11.7. The molecule has 0 spiro atoms. The van der Waals surface area contributed by atoms with E-state index < -0.39 is 5.82 Å². The van der Waals surface area contributed by atoms with E-state index in [2.05, 4.69) is 12.2 Å². The summed E-state index contributed by atoms with van der Waals surface area (Å²) in [5, 5.41) is 4.22. The minimum absolute atomic E-state index is 0.148. The second-order valence-corrected chi connectivity index (χ2v) is 5.25. The van der Waals surface area contributed by atoms with Crippen molar-refractivity contribution in [2.24, 2.45) is 0 Å². The zero-order chi connectivity index (χ0) is 13.8. The lowest BCUT2D eigenvalue weighted by molar-refractivity contribution is 0.573. The Bertz CT molecular complexity index is 572. The largest absolute Gasteiger partial charge is 0.306 e. The molecule has 0 aliphatic carbocycles. The van der Waals surface area contributed by atoms with Crippen LogP contribution in [0.2, 0.25) is 10.0 Å². The summed E-state index contributed by atoms with van der Waals surface area (Å²) in [4.78, 5) is 0. The van der Waals surface area contributed by atoms with Gasteiger partial charge in [-0.15, -0.1) is 0 Å². The smallest absolute Gasteiger partial charge is 0.141 e. The third kappa shape index (κ3) is 3.93. The standard InChI is InChI=1S/C15H14Cl2FN/c1-10(12-3-2-4-13(16)8-12)19-9-11-5-6-15(18)14(17)7-11/h2-8,10,19H,9H2,1H3. The van der Waals surface area contributed by atoms with E-state index in [1.807, 2.05) is 24.3 Å². The van der Waals surface area contributed by atoms with Crippen LogP contribution >= 0.6 is 23.2 Å². The molecule has 0 amide bonds. The van der Waals surface area contributed by atoms with Crippen molar-refractivity contribution in [1.82, 2.24) is 5.32 Å². The van der Waals surface area contributed by atoms with Crippen molar-refractivity contribution in [3.05, 3.63) is 69.5 Å².